The summed E-state index contributed by atoms with van der Waals surface area (Å²) < 4.78 is 0. The lowest BCUT2D eigenvalue weighted by Gasteiger charge is -2.30. The number of carbonyl (C=O) groups is 1. The van der Waals surface area contributed by atoms with E-state index in [0.717, 1.165) is 19.4 Å². The first-order chi connectivity index (χ1) is 11.1. The predicted octanol–water partition coefficient (Wildman–Crippen LogP) is 4.09. The zero-order valence-electron chi connectivity index (χ0n) is 13.7. The lowest BCUT2D eigenvalue weighted by Crippen LogP contribution is -2.38. The van der Waals surface area contributed by atoms with Gasteiger partial charge in [-0.1, -0.05) is 25.3 Å². The van der Waals surface area contributed by atoms with Gasteiger partial charge in [0.1, 0.15) is 0 Å². The van der Waals surface area contributed by atoms with Crippen LogP contribution in [0.5, 0.6) is 0 Å². The van der Waals surface area contributed by atoms with Gasteiger partial charge in [-0.05, 0) is 44.6 Å². The molecule has 1 aromatic rings. The van der Waals surface area contributed by atoms with Crippen molar-refractivity contribution in [1.82, 2.24) is 4.90 Å². The summed E-state index contributed by atoms with van der Waals surface area (Å²) in [7, 11) is 0. The van der Waals surface area contributed by atoms with E-state index < -0.39 is 4.92 Å². The highest BCUT2D eigenvalue weighted by atomic mass is 16.6. The Kier molecular flexibility index (Phi) is 4.64. The summed E-state index contributed by atoms with van der Waals surface area (Å²) in [6, 6.07) is 5.14. The van der Waals surface area contributed by atoms with E-state index in [4.69, 9.17) is 0 Å². The third-order valence-corrected chi connectivity index (χ3v) is 5.16. The molecule has 2 aliphatic rings. The van der Waals surface area contributed by atoms with Gasteiger partial charge in [0.2, 0.25) is 0 Å². The number of carbonyl (C=O) groups excluding carboxylic acids is 1. The minimum Gasteiger partial charge on any atom is -0.335 e. The van der Waals surface area contributed by atoms with Crippen LogP contribution in [-0.2, 0) is 0 Å². The summed E-state index contributed by atoms with van der Waals surface area (Å²) in [5, 5.41) is 11.1. The lowest BCUT2D eigenvalue weighted by atomic mass is 9.88. The molecule has 5 heteroatoms. The molecular weight excluding hydrogens is 292 g/mol. The molecule has 0 aliphatic heterocycles. The molecule has 2 fully saturated rings. The van der Waals surface area contributed by atoms with E-state index in [9.17, 15) is 14.9 Å². The number of hydrogen-bond acceptors (Lipinski definition) is 3. The van der Waals surface area contributed by atoms with Crippen LogP contribution in [0.15, 0.2) is 18.2 Å². The molecule has 0 heterocycles. The van der Waals surface area contributed by atoms with Gasteiger partial charge in [0.05, 0.1) is 4.92 Å². The Balaban J connectivity index is 1.81. The van der Waals surface area contributed by atoms with Crippen LogP contribution in [-0.4, -0.2) is 28.3 Å². The number of amides is 1. The van der Waals surface area contributed by atoms with Crippen molar-refractivity contribution in [2.45, 2.75) is 57.9 Å². The van der Waals surface area contributed by atoms with Crippen LogP contribution in [0, 0.1) is 23.0 Å². The molecule has 0 bridgehead atoms. The van der Waals surface area contributed by atoms with Gasteiger partial charge >= 0.3 is 0 Å². The molecule has 0 aromatic heterocycles. The van der Waals surface area contributed by atoms with E-state index in [2.05, 4.69) is 0 Å². The fourth-order valence-corrected chi connectivity index (χ4v) is 3.64. The zero-order valence-corrected chi connectivity index (χ0v) is 13.7. The molecule has 0 N–H and O–H groups in total. The van der Waals surface area contributed by atoms with Gasteiger partial charge < -0.3 is 4.90 Å². The minimum atomic E-state index is -0.408. The highest BCUT2D eigenvalue weighted by Crippen LogP contribution is 2.33. The number of benzene rings is 1. The van der Waals surface area contributed by atoms with Crippen molar-refractivity contribution in [2.24, 2.45) is 5.92 Å². The minimum absolute atomic E-state index is 0.0285. The van der Waals surface area contributed by atoms with Crippen LogP contribution < -0.4 is 0 Å². The van der Waals surface area contributed by atoms with Crippen molar-refractivity contribution in [3.8, 4) is 0 Å². The molecule has 1 aromatic carbocycles. The third-order valence-electron chi connectivity index (χ3n) is 5.16. The molecule has 0 unspecified atom stereocenters. The highest BCUT2D eigenvalue weighted by Gasteiger charge is 2.35. The second-order valence-electron chi connectivity index (χ2n) is 6.90. The fourth-order valence-electron chi connectivity index (χ4n) is 3.64. The standard InChI is InChI=1S/C18H24N2O3/c1-13-16(8-5-9-17(13)20(22)23)18(21)19(15-10-11-15)12-14-6-3-2-4-7-14/h5,8-9,14-15H,2-4,6-7,10-12H2,1H3. The van der Waals surface area contributed by atoms with Crippen LogP contribution in [0.1, 0.15) is 60.9 Å². The summed E-state index contributed by atoms with van der Waals surface area (Å²) >= 11 is 0. The van der Waals surface area contributed by atoms with E-state index in [1.807, 2.05) is 4.90 Å². The highest BCUT2D eigenvalue weighted by molar-refractivity contribution is 5.97. The van der Waals surface area contributed by atoms with Crippen molar-refractivity contribution in [3.05, 3.63) is 39.4 Å². The van der Waals surface area contributed by atoms with Crippen molar-refractivity contribution < 1.29 is 9.72 Å². The molecule has 1 amide bonds. The van der Waals surface area contributed by atoms with Crippen LogP contribution in [0.2, 0.25) is 0 Å². The first-order valence-corrected chi connectivity index (χ1v) is 8.63. The van der Waals surface area contributed by atoms with Gasteiger partial charge in [0, 0.05) is 29.8 Å². The van der Waals surface area contributed by atoms with Gasteiger partial charge in [-0.25, -0.2) is 0 Å². The monoisotopic (exact) mass is 316 g/mol. The van der Waals surface area contributed by atoms with Crippen molar-refractivity contribution >= 4 is 11.6 Å². The molecule has 2 saturated carbocycles. The van der Waals surface area contributed by atoms with Crippen LogP contribution >= 0.6 is 0 Å². The molecule has 0 spiro atoms. The smallest absolute Gasteiger partial charge is 0.273 e. The number of nitro benzene ring substituents is 1. The summed E-state index contributed by atoms with van der Waals surface area (Å²) in [6.07, 6.45) is 8.34. The maximum absolute atomic E-state index is 13.0. The van der Waals surface area contributed by atoms with E-state index in [1.54, 1.807) is 19.1 Å². The van der Waals surface area contributed by atoms with Crippen LogP contribution in [0.3, 0.4) is 0 Å². The molecule has 2 aliphatic carbocycles. The average Bonchev–Trinajstić information content (AvgIpc) is 3.38. The van der Waals surface area contributed by atoms with Crippen molar-refractivity contribution in [1.29, 1.82) is 0 Å². The summed E-state index contributed by atoms with van der Waals surface area (Å²) in [5.74, 6) is 0.562. The summed E-state index contributed by atoms with van der Waals surface area (Å²) in [6.45, 7) is 2.49. The van der Waals surface area contributed by atoms with E-state index in [-0.39, 0.29) is 11.6 Å². The zero-order chi connectivity index (χ0) is 16.4. The number of nitrogens with zero attached hydrogens (tertiary/aromatic N) is 2. The van der Waals surface area contributed by atoms with Gasteiger partial charge in [-0.3, -0.25) is 14.9 Å². The molecule has 124 valence electrons. The Morgan fingerprint density at radius 3 is 2.52 bits per heavy atom. The quantitative estimate of drug-likeness (QED) is 0.607. The number of hydrogen-bond donors (Lipinski definition) is 0. The largest absolute Gasteiger partial charge is 0.335 e. The van der Waals surface area contributed by atoms with Gasteiger partial charge in [-0.15, -0.1) is 0 Å². The van der Waals surface area contributed by atoms with Crippen LogP contribution in [0.25, 0.3) is 0 Å². The van der Waals surface area contributed by atoms with Gasteiger partial charge in [0.25, 0.3) is 11.6 Å². The van der Waals surface area contributed by atoms with Gasteiger partial charge in [-0.2, -0.15) is 0 Å². The molecule has 5 nitrogen and oxygen atoms in total. The first-order valence-electron chi connectivity index (χ1n) is 8.63. The average molecular weight is 316 g/mol. The normalized spacial score (nSPS) is 18.7. The van der Waals surface area contributed by atoms with Crippen LogP contribution in [0.4, 0.5) is 5.69 Å². The molecule has 3 rings (SSSR count). The lowest BCUT2D eigenvalue weighted by molar-refractivity contribution is -0.385. The Morgan fingerprint density at radius 1 is 1.22 bits per heavy atom. The topological polar surface area (TPSA) is 63.5 Å². The predicted molar refractivity (Wildman–Crippen MR) is 88.5 cm³/mol. The fraction of sp³-hybridized carbons (Fsp3) is 0.611. The summed E-state index contributed by atoms with van der Waals surface area (Å²) in [5.41, 5.74) is 1.00. The Morgan fingerprint density at radius 2 is 1.91 bits per heavy atom. The van der Waals surface area contributed by atoms with Crippen molar-refractivity contribution in [2.75, 3.05) is 6.54 Å². The maximum Gasteiger partial charge on any atom is 0.273 e. The molecular formula is C18H24N2O3. The number of nitro groups is 1. The SMILES string of the molecule is Cc1c(C(=O)N(CC2CCCCC2)C2CC2)cccc1[N+](=O)[O-]. The van der Waals surface area contributed by atoms with E-state index >= 15 is 0 Å². The maximum atomic E-state index is 13.0. The van der Waals surface area contributed by atoms with E-state index in [1.165, 1.54) is 38.2 Å². The first kappa shape index (κ1) is 16.0. The molecule has 23 heavy (non-hydrogen) atoms. The second kappa shape index (κ2) is 6.69. The number of rotatable bonds is 5. The van der Waals surface area contributed by atoms with Crippen molar-refractivity contribution in [3.63, 3.8) is 0 Å². The van der Waals surface area contributed by atoms with E-state index in [0.29, 0.717) is 23.1 Å². The Labute approximate surface area is 136 Å². The molecule has 0 radical (unpaired) electrons. The molecule has 0 saturated heterocycles. The third kappa shape index (κ3) is 3.54. The Bertz CT molecular complexity index is 604. The summed E-state index contributed by atoms with van der Waals surface area (Å²) in [4.78, 5) is 25.7. The van der Waals surface area contributed by atoms with Gasteiger partial charge in [0.15, 0.2) is 0 Å². The Hall–Kier alpha value is -1.91. The molecule has 0 atom stereocenters. The second-order valence-corrected chi connectivity index (χ2v) is 6.90.